The Morgan fingerprint density at radius 2 is 1.79 bits per heavy atom. The average Bonchev–Trinajstić information content (AvgIpc) is 2.72. The molecular formula is C23H23F5N2O2S. The lowest BCUT2D eigenvalue weighted by atomic mass is 9.88. The molecule has 0 bridgehead atoms. The maximum atomic E-state index is 14.3. The van der Waals surface area contributed by atoms with Crippen molar-refractivity contribution in [3.05, 3.63) is 65.4 Å². The zero-order valence-electron chi connectivity index (χ0n) is 18.0. The highest BCUT2D eigenvalue weighted by Crippen LogP contribution is 2.47. The fourth-order valence-corrected chi connectivity index (χ4v) is 4.34. The number of nitrogens with zero attached hydrogens (tertiary/aromatic N) is 1. The monoisotopic (exact) mass is 486 g/mol. The minimum Gasteiger partial charge on any atom is -0.505 e. The molecule has 2 atom stereocenters. The Bertz CT molecular complexity index is 1160. The molecule has 0 aliphatic carbocycles. The topological polar surface area (TPSA) is 65.4 Å². The van der Waals surface area contributed by atoms with Gasteiger partial charge in [0.05, 0.1) is 11.6 Å². The van der Waals surface area contributed by atoms with Crippen LogP contribution in [0.25, 0.3) is 10.9 Å². The minimum atomic E-state index is -5.21. The van der Waals surface area contributed by atoms with E-state index in [4.69, 9.17) is 0 Å². The number of aryl methyl sites for hydroxylation is 1. The molecule has 2 unspecified atom stereocenters. The number of hydrogen-bond acceptors (Lipinski definition) is 5. The average molecular weight is 487 g/mol. The molecule has 1 heterocycles. The van der Waals surface area contributed by atoms with Crippen molar-refractivity contribution in [1.82, 2.24) is 4.98 Å². The third kappa shape index (κ3) is 5.16. The molecule has 0 saturated carbocycles. The lowest BCUT2D eigenvalue weighted by Gasteiger charge is -2.39. The number of aromatic hydroxyl groups is 1. The van der Waals surface area contributed by atoms with E-state index in [0.29, 0.717) is 28.7 Å². The largest absolute Gasteiger partial charge is 0.505 e. The number of aliphatic hydroxyl groups is 1. The molecular weight excluding hydrogens is 463 g/mol. The summed E-state index contributed by atoms with van der Waals surface area (Å²) in [7, 11) is 0. The van der Waals surface area contributed by atoms with Crippen LogP contribution < -0.4 is 5.32 Å². The highest BCUT2D eigenvalue weighted by molar-refractivity contribution is 7.99. The van der Waals surface area contributed by atoms with E-state index in [1.165, 1.54) is 6.07 Å². The standard InChI is InChI=1S/C23H23F5N2O2S/c1-12(2)33-11-22(32,23(26,27)28)21(16-9-14(24)10-17(25)20(16)31)30-19-6-4-5-18-15(19)8-7-13(3)29-18/h4-10,12,21,30-32H,11H2,1-3H3. The van der Waals surface area contributed by atoms with Gasteiger partial charge in [0.25, 0.3) is 0 Å². The van der Waals surface area contributed by atoms with Crippen molar-refractivity contribution in [3.8, 4) is 5.75 Å². The molecule has 3 rings (SSSR count). The number of hydrogen-bond donors (Lipinski definition) is 3. The lowest BCUT2D eigenvalue weighted by molar-refractivity contribution is -0.256. The van der Waals surface area contributed by atoms with Gasteiger partial charge in [-0.15, -0.1) is 0 Å². The number of phenolic OH excluding ortho intramolecular Hbond substituents is 1. The highest BCUT2D eigenvalue weighted by atomic mass is 32.2. The Labute approximate surface area is 191 Å². The third-order valence-electron chi connectivity index (χ3n) is 5.14. The van der Waals surface area contributed by atoms with Gasteiger partial charge in [-0.1, -0.05) is 19.9 Å². The smallest absolute Gasteiger partial charge is 0.420 e. The van der Waals surface area contributed by atoms with Crippen molar-refractivity contribution >= 4 is 28.4 Å². The van der Waals surface area contributed by atoms with Crippen LogP contribution in [0.4, 0.5) is 27.6 Å². The second-order valence-electron chi connectivity index (χ2n) is 8.01. The normalized spacial score (nSPS) is 15.0. The quantitative estimate of drug-likeness (QED) is 0.352. The van der Waals surface area contributed by atoms with E-state index >= 15 is 0 Å². The van der Waals surface area contributed by atoms with E-state index in [9.17, 15) is 32.2 Å². The molecule has 178 valence electrons. The van der Waals surface area contributed by atoms with Crippen LogP contribution in [0, 0.1) is 18.6 Å². The first-order valence-electron chi connectivity index (χ1n) is 10.0. The van der Waals surface area contributed by atoms with Crippen LogP contribution in [0.15, 0.2) is 42.5 Å². The zero-order chi connectivity index (χ0) is 24.6. The molecule has 0 amide bonds. The first-order chi connectivity index (χ1) is 15.3. The molecule has 2 aromatic carbocycles. The van der Waals surface area contributed by atoms with Crippen molar-refractivity contribution in [1.29, 1.82) is 0 Å². The summed E-state index contributed by atoms with van der Waals surface area (Å²) in [6.45, 7) is 5.06. The Balaban J connectivity index is 2.24. The second kappa shape index (κ2) is 9.34. The summed E-state index contributed by atoms with van der Waals surface area (Å²) < 4.78 is 71.1. The summed E-state index contributed by atoms with van der Waals surface area (Å²) in [5, 5.41) is 24.0. The molecule has 4 nitrogen and oxygen atoms in total. The molecule has 0 radical (unpaired) electrons. The summed E-state index contributed by atoms with van der Waals surface area (Å²) >= 11 is 0.827. The number of benzene rings is 2. The fraction of sp³-hybridized carbons (Fsp3) is 0.348. The van der Waals surface area contributed by atoms with Crippen LogP contribution >= 0.6 is 11.8 Å². The molecule has 33 heavy (non-hydrogen) atoms. The fourth-order valence-electron chi connectivity index (χ4n) is 3.42. The molecule has 1 aromatic heterocycles. The SMILES string of the molecule is Cc1ccc2c(NC(c3cc(F)cc(F)c3O)C(O)(CSC(C)C)C(F)(F)F)cccc2n1. The summed E-state index contributed by atoms with van der Waals surface area (Å²) in [6, 6.07) is 6.77. The molecule has 0 aliphatic heterocycles. The number of rotatable bonds is 7. The number of nitrogens with one attached hydrogen (secondary N) is 1. The molecule has 0 spiro atoms. The Morgan fingerprint density at radius 1 is 1.09 bits per heavy atom. The summed E-state index contributed by atoms with van der Waals surface area (Å²) in [5.74, 6) is -4.65. The first kappa shape index (κ1) is 25.0. The van der Waals surface area contributed by atoms with E-state index in [-0.39, 0.29) is 10.9 Å². The van der Waals surface area contributed by atoms with Crippen molar-refractivity contribution < 1.29 is 32.2 Å². The number of aromatic nitrogens is 1. The Morgan fingerprint density at radius 3 is 2.42 bits per heavy atom. The van der Waals surface area contributed by atoms with Crippen LogP contribution in [-0.2, 0) is 0 Å². The lowest BCUT2D eigenvalue weighted by Crippen LogP contribution is -2.55. The minimum absolute atomic E-state index is 0.145. The van der Waals surface area contributed by atoms with Crippen LogP contribution in [-0.4, -0.2) is 38.0 Å². The Hall–Kier alpha value is -2.59. The van der Waals surface area contributed by atoms with Gasteiger partial charge >= 0.3 is 6.18 Å². The van der Waals surface area contributed by atoms with Crippen LogP contribution in [0.1, 0.15) is 31.1 Å². The number of anilines is 1. The molecule has 10 heteroatoms. The highest BCUT2D eigenvalue weighted by Gasteiger charge is 2.59. The zero-order valence-corrected chi connectivity index (χ0v) is 18.9. The molecule has 3 aromatic rings. The van der Waals surface area contributed by atoms with Crippen molar-refractivity contribution in [3.63, 3.8) is 0 Å². The number of halogens is 5. The molecule has 0 fully saturated rings. The van der Waals surface area contributed by atoms with Gasteiger partial charge in [0.1, 0.15) is 5.82 Å². The molecule has 0 aliphatic rings. The maximum absolute atomic E-state index is 14.3. The van der Waals surface area contributed by atoms with Gasteiger partial charge in [-0.05, 0) is 42.5 Å². The number of pyridine rings is 1. The van der Waals surface area contributed by atoms with E-state index in [1.807, 2.05) is 0 Å². The maximum Gasteiger partial charge on any atom is 0.420 e. The van der Waals surface area contributed by atoms with Crippen molar-refractivity contribution in [2.24, 2.45) is 0 Å². The second-order valence-corrected chi connectivity index (χ2v) is 9.57. The van der Waals surface area contributed by atoms with Crippen LogP contribution in [0.5, 0.6) is 5.75 Å². The van der Waals surface area contributed by atoms with E-state index in [0.717, 1.165) is 11.8 Å². The van der Waals surface area contributed by atoms with Gasteiger partial charge in [0, 0.05) is 34.2 Å². The molecule has 3 N–H and O–H groups in total. The molecule has 0 saturated heterocycles. The van der Waals surface area contributed by atoms with Crippen molar-refractivity contribution in [2.45, 2.75) is 43.8 Å². The van der Waals surface area contributed by atoms with Gasteiger partial charge in [-0.25, -0.2) is 8.78 Å². The first-order valence-corrected chi connectivity index (χ1v) is 11.1. The van der Waals surface area contributed by atoms with Gasteiger partial charge in [0.15, 0.2) is 17.2 Å². The number of alkyl halides is 3. The predicted molar refractivity (Wildman–Crippen MR) is 119 cm³/mol. The third-order valence-corrected chi connectivity index (χ3v) is 6.42. The Kier molecular flexibility index (Phi) is 7.09. The van der Waals surface area contributed by atoms with Crippen molar-refractivity contribution in [2.75, 3.05) is 11.1 Å². The van der Waals surface area contributed by atoms with Gasteiger partial charge < -0.3 is 15.5 Å². The van der Waals surface area contributed by atoms with Gasteiger partial charge in [-0.3, -0.25) is 4.98 Å². The van der Waals surface area contributed by atoms with Crippen LogP contribution in [0.3, 0.4) is 0 Å². The number of phenols is 1. The number of fused-ring (bicyclic) bond motifs is 1. The van der Waals surface area contributed by atoms with E-state index in [1.54, 1.807) is 45.0 Å². The van der Waals surface area contributed by atoms with Gasteiger partial charge in [-0.2, -0.15) is 24.9 Å². The van der Waals surface area contributed by atoms with E-state index < -0.39 is 46.5 Å². The summed E-state index contributed by atoms with van der Waals surface area (Å²) in [4.78, 5) is 4.33. The number of thioether (sulfide) groups is 1. The van der Waals surface area contributed by atoms with Gasteiger partial charge in [0.2, 0.25) is 0 Å². The predicted octanol–water partition coefficient (Wildman–Crippen LogP) is 6.12. The summed E-state index contributed by atoms with van der Waals surface area (Å²) in [6.07, 6.45) is -5.21. The van der Waals surface area contributed by atoms with E-state index in [2.05, 4.69) is 10.3 Å². The van der Waals surface area contributed by atoms with Crippen LogP contribution in [0.2, 0.25) is 0 Å². The summed E-state index contributed by atoms with van der Waals surface area (Å²) in [5.41, 5.74) is -2.94.